The molecule has 110 valence electrons. The van der Waals surface area contributed by atoms with E-state index in [-0.39, 0.29) is 10.7 Å². The zero-order chi connectivity index (χ0) is 15.7. The highest BCUT2D eigenvalue weighted by molar-refractivity contribution is 6.34. The van der Waals surface area contributed by atoms with Gasteiger partial charge in [0, 0.05) is 17.8 Å². The van der Waals surface area contributed by atoms with Gasteiger partial charge in [-0.1, -0.05) is 11.6 Å². The first kappa shape index (κ1) is 15.1. The molecule has 0 unspecified atom stereocenters. The summed E-state index contributed by atoms with van der Waals surface area (Å²) in [4.78, 5) is 11.9. The van der Waals surface area contributed by atoms with Crippen LogP contribution in [0.5, 0.6) is 0 Å². The van der Waals surface area contributed by atoms with E-state index in [1.165, 1.54) is 0 Å². The number of halogens is 5. The number of anilines is 2. The Kier molecular flexibility index (Phi) is 4.04. The van der Waals surface area contributed by atoms with Crippen LogP contribution in [0.25, 0.3) is 0 Å². The van der Waals surface area contributed by atoms with Crippen molar-refractivity contribution < 1.29 is 22.4 Å². The molecule has 0 spiro atoms. The van der Waals surface area contributed by atoms with E-state index in [0.717, 1.165) is 6.07 Å². The van der Waals surface area contributed by atoms with Crippen LogP contribution in [0, 0.1) is 23.3 Å². The predicted octanol–water partition coefficient (Wildman–Crippen LogP) is 3.73. The largest absolute Gasteiger partial charge is 0.398 e. The van der Waals surface area contributed by atoms with Crippen LogP contribution in [-0.2, 0) is 0 Å². The standard InChI is InChI=1S/C13H7ClF4N2O/c14-7-1-5(15)2-10(18)12(7)20-13(21)6-3-8(16)9(17)4-11(6)19/h1-4H,19H2,(H,20,21). The van der Waals surface area contributed by atoms with Gasteiger partial charge in [-0.2, -0.15) is 0 Å². The average molecular weight is 319 g/mol. The summed E-state index contributed by atoms with van der Waals surface area (Å²) in [6.07, 6.45) is 0. The van der Waals surface area contributed by atoms with Gasteiger partial charge in [0.15, 0.2) is 17.5 Å². The molecule has 0 aromatic heterocycles. The predicted molar refractivity (Wildman–Crippen MR) is 70.1 cm³/mol. The van der Waals surface area contributed by atoms with Gasteiger partial charge in [-0.3, -0.25) is 4.79 Å². The molecule has 2 aromatic carbocycles. The molecule has 0 bridgehead atoms. The van der Waals surface area contributed by atoms with E-state index in [0.29, 0.717) is 18.2 Å². The molecule has 0 heterocycles. The summed E-state index contributed by atoms with van der Waals surface area (Å²) in [7, 11) is 0. The lowest BCUT2D eigenvalue weighted by atomic mass is 10.1. The molecule has 3 nitrogen and oxygen atoms in total. The third-order valence-corrected chi connectivity index (χ3v) is 2.88. The first-order valence-corrected chi connectivity index (χ1v) is 5.88. The number of nitrogens with two attached hydrogens (primary N) is 1. The van der Waals surface area contributed by atoms with Crippen molar-refractivity contribution in [3.05, 3.63) is 58.1 Å². The minimum atomic E-state index is -1.29. The Bertz CT molecular complexity index is 713. The minimum absolute atomic E-state index is 0.343. The number of nitrogen functional groups attached to an aromatic ring is 1. The van der Waals surface area contributed by atoms with Crippen LogP contribution in [-0.4, -0.2) is 5.91 Å². The van der Waals surface area contributed by atoms with Crippen LogP contribution >= 0.6 is 11.6 Å². The Morgan fingerprint density at radius 1 is 1.00 bits per heavy atom. The van der Waals surface area contributed by atoms with Crippen molar-refractivity contribution in [3.8, 4) is 0 Å². The highest BCUT2D eigenvalue weighted by Crippen LogP contribution is 2.27. The Balaban J connectivity index is 2.37. The first-order chi connectivity index (χ1) is 9.79. The van der Waals surface area contributed by atoms with Gasteiger partial charge in [0.25, 0.3) is 5.91 Å². The molecule has 0 saturated carbocycles. The van der Waals surface area contributed by atoms with Crippen molar-refractivity contribution in [2.24, 2.45) is 0 Å². The molecule has 0 radical (unpaired) electrons. The van der Waals surface area contributed by atoms with E-state index >= 15 is 0 Å². The molecule has 2 aromatic rings. The number of hydrogen-bond acceptors (Lipinski definition) is 2. The highest BCUT2D eigenvalue weighted by Gasteiger charge is 2.18. The first-order valence-electron chi connectivity index (χ1n) is 5.50. The molecule has 0 saturated heterocycles. The van der Waals surface area contributed by atoms with Gasteiger partial charge in [-0.05, 0) is 12.1 Å². The zero-order valence-corrected chi connectivity index (χ0v) is 10.9. The van der Waals surface area contributed by atoms with Gasteiger partial charge >= 0.3 is 0 Å². The summed E-state index contributed by atoms with van der Waals surface area (Å²) in [6.45, 7) is 0. The van der Waals surface area contributed by atoms with Crippen LogP contribution < -0.4 is 11.1 Å². The normalized spacial score (nSPS) is 10.5. The molecule has 0 fully saturated rings. The molecule has 8 heteroatoms. The van der Waals surface area contributed by atoms with Gasteiger partial charge in [-0.25, -0.2) is 17.6 Å². The monoisotopic (exact) mass is 318 g/mol. The van der Waals surface area contributed by atoms with E-state index < -0.39 is 40.4 Å². The van der Waals surface area contributed by atoms with Crippen molar-refractivity contribution in [3.63, 3.8) is 0 Å². The number of carbonyl (C=O) groups excluding carboxylic acids is 1. The molecule has 0 atom stereocenters. The van der Waals surface area contributed by atoms with Crippen molar-refractivity contribution in [2.45, 2.75) is 0 Å². The molecule has 1 amide bonds. The Morgan fingerprint density at radius 3 is 2.24 bits per heavy atom. The summed E-state index contributed by atoms with van der Waals surface area (Å²) in [5.41, 5.74) is 4.15. The van der Waals surface area contributed by atoms with E-state index in [9.17, 15) is 22.4 Å². The molecule has 0 aliphatic heterocycles. The lowest BCUT2D eigenvalue weighted by Gasteiger charge is -2.10. The number of carbonyl (C=O) groups is 1. The van der Waals surface area contributed by atoms with Crippen LogP contribution in [0.4, 0.5) is 28.9 Å². The van der Waals surface area contributed by atoms with Crippen LogP contribution in [0.15, 0.2) is 24.3 Å². The molecule has 0 aliphatic carbocycles. The Morgan fingerprint density at radius 2 is 1.62 bits per heavy atom. The molecular formula is C13H7ClF4N2O. The number of benzene rings is 2. The quantitative estimate of drug-likeness (QED) is 0.655. The van der Waals surface area contributed by atoms with Crippen LogP contribution in [0.2, 0.25) is 5.02 Å². The summed E-state index contributed by atoms with van der Waals surface area (Å²) >= 11 is 5.60. The van der Waals surface area contributed by atoms with Crippen LogP contribution in [0.3, 0.4) is 0 Å². The van der Waals surface area contributed by atoms with Gasteiger partial charge in [0.1, 0.15) is 5.82 Å². The summed E-state index contributed by atoms with van der Waals surface area (Å²) < 4.78 is 52.4. The maximum absolute atomic E-state index is 13.5. The number of nitrogens with one attached hydrogen (secondary N) is 1. The lowest BCUT2D eigenvalue weighted by Crippen LogP contribution is -2.16. The van der Waals surface area contributed by atoms with E-state index in [2.05, 4.69) is 0 Å². The van der Waals surface area contributed by atoms with Gasteiger partial charge in [0.05, 0.1) is 16.3 Å². The maximum Gasteiger partial charge on any atom is 0.257 e. The summed E-state index contributed by atoms with van der Waals surface area (Å²) in [5, 5.41) is 1.64. The molecule has 3 N–H and O–H groups in total. The second-order valence-electron chi connectivity index (χ2n) is 4.05. The third kappa shape index (κ3) is 3.08. The highest BCUT2D eigenvalue weighted by atomic mass is 35.5. The molecule has 0 aliphatic rings. The topological polar surface area (TPSA) is 55.1 Å². The summed E-state index contributed by atoms with van der Waals surface area (Å²) in [6, 6.07) is 2.48. The van der Waals surface area contributed by atoms with Crippen LogP contribution in [0.1, 0.15) is 10.4 Å². The van der Waals surface area contributed by atoms with Crippen molar-refractivity contribution in [2.75, 3.05) is 11.1 Å². The zero-order valence-electron chi connectivity index (χ0n) is 10.2. The van der Waals surface area contributed by atoms with Gasteiger partial charge < -0.3 is 11.1 Å². The molecule has 21 heavy (non-hydrogen) atoms. The Labute approximate surface area is 121 Å². The lowest BCUT2D eigenvalue weighted by molar-refractivity contribution is 0.102. The van der Waals surface area contributed by atoms with Crippen molar-refractivity contribution in [1.29, 1.82) is 0 Å². The molecule has 2 rings (SSSR count). The Hall–Kier alpha value is -2.28. The van der Waals surface area contributed by atoms with Crippen molar-refractivity contribution in [1.82, 2.24) is 0 Å². The fraction of sp³-hybridized carbons (Fsp3) is 0. The van der Waals surface area contributed by atoms with E-state index in [1.807, 2.05) is 5.32 Å². The number of rotatable bonds is 2. The fourth-order valence-corrected chi connectivity index (χ4v) is 1.84. The smallest absolute Gasteiger partial charge is 0.257 e. The average Bonchev–Trinajstić information content (AvgIpc) is 2.37. The second kappa shape index (κ2) is 5.61. The maximum atomic E-state index is 13.5. The van der Waals surface area contributed by atoms with Crippen molar-refractivity contribution >= 4 is 28.9 Å². The van der Waals surface area contributed by atoms with E-state index in [1.54, 1.807) is 0 Å². The number of hydrogen-bond donors (Lipinski definition) is 2. The molecular weight excluding hydrogens is 312 g/mol. The third-order valence-electron chi connectivity index (χ3n) is 2.58. The number of amides is 1. The SMILES string of the molecule is Nc1cc(F)c(F)cc1C(=O)Nc1c(F)cc(F)cc1Cl. The fourth-order valence-electron chi connectivity index (χ4n) is 1.60. The summed E-state index contributed by atoms with van der Waals surface area (Å²) in [5.74, 6) is -5.58. The minimum Gasteiger partial charge on any atom is -0.398 e. The van der Waals surface area contributed by atoms with E-state index in [4.69, 9.17) is 17.3 Å². The second-order valence-corrected chi connectivity index (χ2v) is 4.46. The van der Waals surface area contributed by atoms with Gasteiger partial charge in [-0.15, -0.1) is 0 Å². The van der Waals surface area contributed by atoms with Gasteiger partial charge in [0.2, 0.25) is 0 Å².